The van der Waals surface area contributed by atoms with Crippen molar-refractivity contribution in [3.8, 4) is 0 Å². The second kappa shape index (κ2) is 6.44. The molecular weight excluding hydrogens is 296 g/mol. The molecule has 0 radical (unpaired) electrons. The number of pyridine rings is 1. The summed E-state index contributed by atoms with van der Waals surface area (Å²) in [6.45, 7) is 4.42. The van der Waals surface area contributed by atoms with Gasteiger partial charge in [0.1, 0.15) is 5.82 Å². The molecule has 0 bridgehead atoms. The van der Waals surface area contributed by atoms with Gasteiger partial charge in [-0.2, -0.15) is 0 Å². The third kappa shape index (κ3) is 2.75. The number of hydrogen-bond donors (Lipinski definition) is 1. The summed E-state index contributed by atoms with van der Waals surface area (Å²) in [6, 6.07) is 13.1. The highest BCUT2D eigenvalue weighted by molar-refractivity contribution is 5.60. The molecule has 0 amide bonds. The minimum atomic E-state index is 0.137. The van der Waals surface area contributed by atoms with Crippen molar-refractivity contribution in [1.29, 1.82) is 0 Å². The van der Waals surface area contributed by atoms with E-state index in [1.807, 2.05) is 0 Å². The molecule has 2 aliphatic rings. The topological polar surface area (TPSA) is 31.4 Å². The second-order valence-corrected chi connectivity index (χ2v) is 6.95. The van der Waals surface area contributed by atoms with Crippen LogP contribution in [0.5, 0.6) is 0 Å². The minimum absolute atomic E-state index is 0.137. The summed E-state index contributed by atoms with van der Waals surface area (Å²) in [7, 11) is 2.08. The van der Waals surface area contributed by atoms with Gasteiger partial charge in [0.25, 0.3) is 0 Å². The van der Waals surface area contributed by atoms with E-state index in [-0.39, 0.29) is 6.04 Å². The average molecular weight is 322 g/mol. The fourth-order valence-electron chi connectivity index (χ4n) is 3.88. The quantitative estimate of drug-likeness (QED) is 0.911. The summed E-state index contributed by atoms with van der Waals surface area (Å²) >= 11 is 0. The third-order valence-electron chi connectivity index (χ3n) is 5.26. The lowest BCUT2D eigenvalue weighted by atomic mass is 10.0. The van der Waals surface area contributed by atoms with Crippen LogP contribution in [0.2, 0.25) is 0 Å². The molecule has 1 aromatic carbocycles. The van der Waals surface area contributed by atoms with Crippen LogP contribution in [-0.2, 0) is 0 Å². The van der Waals surface area contributed by atoms with E-state index >= 15 is 0 Å². The molecule has 1 atom stereocenters. The van der Waals surface area contributed by atoms with Crippen LogP contribution < -0.4 is 15.3 Å². The lowest BCUT2D eigenvalue weighted by molar-refractivity contribution is 0.627. The largest absolute Gasteiger partial charge is 0.357 e. The number of hydrogen-bond acceptors (Lipinski definition) is 4. The van der Waals surface area contributed by atoms with E-state index < -0.39 is 0 Å². The van der Waals surface area contributed by atoms with E-state index in [1.165, 1.54) is 42.5 Å². The second-order valence-electron chi connectivity index (χ2n) is 6.95. The van der Waals surface area contributed by atoms with Crippen molar-refractivity contribution in [2.75, 3.05) is 30.0 Å². The molecule has 0 saturated carbocycles. The summed E-state index contributed by atoms with van der Waals surface area (Å²) in [5.41, 5.74) is 8.51. The number of rotatable bonds is 2. The Morgan fingerprint density at radius 1 is 1.00 bits per heavy atom. The number of nitrogens with zero attached hydrogens (tertiary/aromatic N) is 3. The Morgan fingerprint density at radius 3 is 2.54 bits per heavy atom. The van der Waals surface area contributed by atoms with Crippen LogP contribution in [0, 0.1) is 6.92 Å². The van der Waals surface area contributed by atoms with Gasteiger partial charge in [0.05, 0.1) is 17.4 Å². The molecule has 4 nitrogen and oxygen atoms in total. The first-order valence-corrected chi connectivity index (χ1v) is 9.05. The zero-order chi connectivity index (χ0) is 16.5. The van der Waals surface area contributed by atoms with Gasteiger partial charge in [0, 0.05) is 25.7 Å². The number of hydrazine groups is 1. The van der Waals surface area contributed by atoms with Gasteiger partial charge in [-0.3, -0.25) is 0 Å². The van der Waals surface area contributed by atoms with Crippen LogP contribution in [0.4, 0.5) is 11.5 Å². The molecular formula is C20H26N4. The zero-order valence-electron chi connectivity index (χ0n) is 14.6. The Bertz CT molecular complexity index is 719. The maximum absolute atomic E-state index is 5.09. The molecule has 1 unspecified atom stereocenters. The van der Waals surface area contributed by atoms with Crippen LogP contribution in [0.25, 0.3) is 0 Å². The number of fused-ring (bicyclic) bond motifs is 1. The van der Waals surface area contributed by atoms with Crippen molar-refractivity contribution in [3.63, 3.8) is 0 Å². The molecule has 1 N–H and O–H groups in total. The van der Waals surface area contributed by atoms with Crippen molar-refractivity contribution in [3.05, 3.63) is 53.2 Å². The van der Waals surface area contributed by atoms with E-state index in [1.54, 1.807) is 0 Å². The van der Waals surface area contributed by atoms with E-state index in [9.17, 15) is 0 Å². The van der Waals surface area contributed by atoms with E-state index in [0.717, 1.165) is 24.6 Å². The third-order valence-corrected chi connectivity index (χ3v) is 5.26. The van der Waals surface area contributed by atoms with Gasteiger partial charge in [-0.15, -0.1) is 0 Å². The summed E-state index contributed by atoms with van der Waals surface area (Å²) in [6.07, 6.45) is 5.24. The van der Waals surface area contributed by atoms with Crippen LogP contribution in [0.1, 0.15) is 48.5 Å². The molecule has 4 heteroatoms. The summed E-state index contributed by atoms with van der Waals surface area (Å²) < 4.78 is 0. The number of nitrogens with one attached hydrogen (secondary N) is 1. The van der Waals surface area contributed by atoms with Crippen molar-refractivity contribution in [1.82, 2.24) is 10.4 Å². The highest BCUT2D eigenvalue weighted by atomic mass is 15.5. The predicted molar refractivity (Wildman–Crippen MR) is 99.5 cm³/mol. The molecule has 3 heterocycles. The Morgan fingerprint density at radius 2 is 1.75 bits per heavy atom. The molecule has 0 aliphatic carbocycles. The van der Waals surface area contributed by atoms with Gasteiger partial charge < -0.3 is 9.91 Å². The van der Waals surface area contributed by atoms with E-state index in [0.29, 0.717) is 0 Å². The Labute approximate surface area is 144 Å². The number of aromatic nitrogens is 1. The van der Waals surface area contributed by atoms with E-state index in [2.05, 4.69) is 65.7 Å². The Hall–Kier alpha value is -2.07. The maximum atomic E-state index is 5.09. The molecule has 24 heavy (non-hydrogen) atoms. The SMILES string of the molecule is Cc1ccc(N2CCCCCC2)nc1C1NN(C)c2ccccc21. The fourth-order valence-corrected chi connectivity index (χ4v) is 3.88. The molecule has 0 spiro atoms. The first-order chi connectivity index (χ1) is 11.7. The van der Waals surface area contributed by atoms with Gasteiger partial charge in [-0.1, -0.05) is 37.1 Å². The zero-order valence-corrected chi connectivity index (χ0v) is 14.6. The van der Waals surface area contributed by atoms with Crippen molar-refractivity contribution < 1.29 is 0 Å². The normalized spacial score (nSPS) is 20.8. The molecule has 1 saturated heterocycles. The smallest absolute Gasteiger partial charge is 0.128 e. The Kier molecular flexibility index (Phi) is 4.15. The first kappa shape index (κ1) is 15.5. The summed E-state index contributed by atoms with van der Waals surface area (Å²) in [4.78, 5) is 7.55. The first-order valence-electron chi connectivity index (χ1n) is 9.05. The highest BCUT2D eigenvalue weighted by Crippen LogP contribution is 2.36. The average Bonchev–Trinajstić information content (AvgIpc) is 2.79. The highest BCUT2D eigenvalue weighted by Gasteiger charge is 2.29. The Balaban J connectivity index is 1.70. The number of para-hydroxylation sites is 1. The standard InChI is InChI=1S/C20H26N4/c1-15-11-12-18(24-13-7-3-4-8-14-24)21-19(15)20-16-9-5-6-10-17(16)23(2)22-20/h5-6,9-12,20,22H,3-4,7-8,13-14H2,1-2H3. The molecule has 1 fully saturated rings. The fraction of sp³-hybridized carbons (Fsp3) is 0.450. The van der Waals surface area contributed by atoms with E-state index in [4.69, 9.17) is 4.98 Å². The summed E-state index contributed by atoms with van der Waals surface area (Å²) in [5, 5.41) is 2.11. The number of aryl methyl sites for hydroxylation is 1. The molecule has 2 aliphatic heterocycles. The maximum Gasteiger partial charge on any atom is 0.128 e. The van der Waals surface area contributed by atoms with Crippen LogP contribution in [0.15, 0.2) is 36.4 Å². The van der Waals surface area contributed by atoms with Gasteiger partial charge >= 0.3 is 0 Å². The van der Waals surface area contributed by atoms with Gasteiger partial charge in [-0.05, 0) is 37.5 Å². The van der Waals surface area contributed by atoms with Gasteiger partial charge in [-0.25, -0.2) is 10.4 Å². The minimum Gasteiger partial charge on any atom is -0.357 e. The van der Waals surface area contributed by atoms with Crippen molar-refractivity contribution in [2.45, 2.75) is 38.6 Å². The van der Waals surface area contributed by atoms with Crippen LogP contribution >= 0.6 is 0 Å². The van der Waals surface area contributed by atoms with Gasteiger partial charge in [0.15, 0.2) is 0 Å². The molecule has 4 rings (SSSR count). The molecule has 2 aromatic rings. The molecule has 126 valence electrons. The lowest BCUT2D eigenvalue weighted by Gasteiger charge is -2.24. The predicted octanol–water partition coefficient (Wildman–Crippen LogP) is 3.81. The summed E-state index contributed by atoms with van der Waals surface area (Å²) in [5.74, 6) is 1.13. The number of anilines is 2. The molecule has 1 aromatic heterocycles. The van der Waals surface area contributed by atoms with Crippen molar-refractivity contribution in [2.24, 2.45) is 0 Å². The van der Waals surface area contributed by atoms with Gasteiger partial charge in [0.2, 0.25) is 0 Å². The number of benzene rings is 1. The van der Waals surface area contributed by atoms with Crippen LogP contribution in [0.3, 0.4) is 0 Å². The van der Waals surface area contributed by atoms with Crippen molar-refractivity contribution >= 4 is 11.5 Å². The van der Waals surface area contributed by atoms with Crippen LogP contribution in [-0.4, -0.2) is 25.1 Å². The lowest BCUT2D eigenvalue weighted by Crippen LogP contribution is -2.32. The monoisotopic (exact) mass is 322 g/mol.